The Bertz CT molecular complexity index is 453. The number of nitrogens with one attached hydrogen (secondary N) is 1. The Balaban J connectivity index is 1.61. The van der Waals surface area contributed by atoms with Crippen LogP contribution in [0.5, 0.6) is 0 Å². The Morgan fingerprint density at radius 1 is 1.39 bits per heavy atom. The van der Waals surface area contributed by atoms with Gasteiger partial charge in [-0.05, 0) is 63.0 Å². The molecule has 2 bridgehead atoms. The van der Waals surface area contributed by atoms with E-state index in [-0.39, 0.29) is 5.91 Å². The SMILES string of the molecule is Cc1ccc(C(=O)N[C@H](C)[C@H]2C[C@H]3CC[C@H]2C3)s1. The molecule has 1 aromatic heterocycles. The van der Waals surface area contributed by atoms with Crippen molar-refractivity contribution in [1.29, 1.82) is 0 Å². The highest BCUT2D eigenvalue weighted by Crippen LogP contribution is 2.49. The fourth-order valence-corrected chi connectivity index (χ4v) is 4.62. The highest BCUT2D eigenvalue weighted by molar-refractivity contribution is 7.13. The molecule has 1 heterocycles. The molecular formula is C15H21NOS. The van der Waals surface area contributed by atoms with E-state index in [1.807, 2.05) is 19.1 Å². The normalized spacial score (nSPS) is 31.6. The molecule has 0 saturated heterocycles. The zero-order valence-electron chi connectivity index (χ0n) is 11.1. The van der Waals surface area contributed by atoms with E-state index in [2.05, 4.69) is 12.2 Å². The van der Waals surface area contributed by atoms with Crippen molar-refractivity contribution >= 4 is 17.2 Å². The molecule has 3 heteroatoms. The monoisotopic (exact) mass is 263 g/mol. The number of fused-ring (bicyclic) bond motifs is 2. The first-order valence-electron chi connectivity index (χ1n) is 7.01. The summed E-state index contributed by atoms with van der Waals surface area (Å²) in [5.41, 5.74) is 0. The van der Waals surface area contributed by atoms with Gasteiger partial charge in [-0.1, -0.05) is 6.42 Å². The second kappa shape index (κ2) is 4.69. The number of amides is 1. The molecule has 2 aliphatic rings. The second-order valence-electron chi connectivity index (χ2n) is 6.01. The summed E-state index contributed by atoms with van der Waals surface area (Å²) in [6.07, 6.45) is 5.54. The standard InChI is InChI=1S/C15H21NOS/c1-9-3-6-14(18-9)15(17)16-10(2)13-8-11-4-5-12(13)7-11/h3,6,10-13H,4-5,7-8H2,1-2H3,(H,16,17)/t10-,11+,12+,13-/m1/s1. The predicted octanol–water partition coefficient (Wildman–Crippen LogP) is 3.61. The number of rotatable bonds is 3. The first-order chi connectivity index (χ1) is 8.63. The van der Waals surface area contributed by atoms with E-state index in [1.54, 1.807) is 11.3 Å². The van der Waals surface area contributed by atoms with Gasteiger partial charge in [0, 0.05) is 10.9 Å². The molecule has 0 aliphatic heterocycles. The van der Waals surface area contributed by atoms with Gasteiger partial charge in [-0.25, -0.2) is 0 Å². The molecule has 1 aromatic rings. The van der Waals surface area contributed by atoms with Crippen LogP contribution in [0.4, 0.5) is 0 Å². The van der Waals surface area contributed by atoms with Gasteiger partial charge in [0.1, 0.15) is 0 Å². The van der Waals surface area contributed by atoms with Crippen LogP contribution < -0.4 is 5.32 Å². The van der Waals surface area contributed by atoms with Gasteiger partial charge >= 0.3 is 0 Å². The predicted molar refractivity (Wildman–Crippen MR) is 74.9 cm³/mol. The lowest BCUT2D eigenvalue weighted by Gasteiger charge is -2.28. The number of aryl methyl sites for hydroxylation is 1. The lowest BCUT2D eigenvalue weighted by molar-refractivity contribution is 0.0919. The largest absolute Gasteiger partial charge is 0.349 e. The van der Waals surface area contributed by atoms with Crippen molar-refractivity contribution < 1.29 is 4.79 Å². The molecule has 3 rings (SSSR count). The van der Waals surface area contributed by atoms with Crippen molar-refractivity contribution in [2.24, 2.45) is 17.8 Å². The second-order valence-corrected chi connectivity index (χ2v) is 7.30. The van der Waals surface area contributed by atoms with Gasteiger partial charge < -0.3 is 5.32 Å². The molecular weight excluding hydrogens is 242 g/mol. The average molecular weight is 263 g/mol. The van der Waals surface area contributed by atoms with Gasteiger partial charge in [0.25, 0.3) is 5.91 Å². The van der Waals surface area contributed by atoms with E-state index in [4.69, 9.17) is 0 Å². The first kappa shape index (κ1) is 12.2. The molecule has 0 spiro atoms. The van der Waals surface area contributed by atoms with Gasteiger partial charge in [0.15, 0.2) is 0 Å². The van der Waals surface area contributed by atoms with Crippen molar-refractivity contribution in [2.45, 2.75) is 45.6 Å². The Morgan fingerprint density at radius 3 is 2.78 bits per heavy atom. The van der Waals surface area contributed by atoms with E-state index in [0.29, 0.717) is 12.0 Å². The summed E-state index contributed by atoms with van der Waals surface area (Å²) in [5, 5.41) is 3.21. The van der Waals surface area contributed by atoms with Crippen LogP contribution in [0.1, 0.15) is 47.2 Å². The van der Waals surface area contributed by atoms with E-state index >= 15 is 0 Å². The quantitative estimate of drug-likeness (QED) is 0.887. The lowest BCUT2D eigenvalue weighted by atomic mass is 9.84. The highest BCUT2D eigenvalue weighted by Gasteiger charge is 2.42. The topological polar surface area (TPSA) is 29.1 Å². The summed E-state index contributed by atoms with van der Waals surface area (Å²) in [6, 6.07) is 4.28. The maximum atomic E-state index is 12.1. The molecule has 1 amide bonds. The van der Waals surface area contributed by atoms with Crippen molar-refractivity contribution in [2.75, 3.05) is 0 Å². The number of carbonyl (C=O) groups excluding carboxylic acids is 1. The number of carbonyl (C=O) groups is 1. The van der Waals surface area contributed by atoms with Crippen molar-refractivity contribution in [3.63, 3.8) is 0 Å². The summed E-state index contributed by atoms with van der Waals surface area (Å²) >= 11 is 1.58. The van der Waals surface area contributed by atoms with Crippen LogP contribution in [-0.2, 0) is 0 Å². The minimum absolute atomic E-state index is 0.114. The number of hydrogen-bond donors (Lipinski definition) is 1. The van der Waals surface area contributed by atoms with E-state index in [1.165, 1.54) is 30.6 Å². The summed E-state index contributed by atoms with van der Waals surface area (Å²) in [6.45, 7) is 4.23. The number of hydrogen-bond acceptors (Lipinski definition) is 2. The highest BCUT2D eigenvalue weighted by atomic mass is 32.1. The van der Waals surface area contributed by atoms with Crippen molar-refractivity contribution in [3.8, 4) is 0 Å². The van der Waals surface area contributed by atoms with Crippen molar-refractivity contribution in [1.82, 2.24) is 5.32 Å². The Morgan fingerprint density at radius 2 is 2.22 bits per heavy atom. The zero-order valence-corrected chi connectivity index (χ0v) is 11.9. The Kier molecular flexibility index (Phi) is 3.18. The van der Waals surface area contributed by atoms with Crippen LogP contribution in [0, 0.1) is 24.7 Å². The fourth-order valence-electron chi connectivity index (χ4n) is 3.85. The molecule has 0 unspecified atom stereocenters. The molecule has 0 radical (unpaired) electrons. The number of thiophene rings is 1. The third-order valence-electron chi connectivity index (χ3n) is 4.76. The van der Waals surface area contributed by atoms with Gasteiger partial charge in [-0.15, -0.1) is 11.3 Å². The summed E-state index contributed by atoms with van der Waals surface area (Å²) in [4.78, 5) is 14.2. The van der Waals surface area contributed by atoms with E-state index in [9.17, 15) is 4.79 Å². The zero-order chi connectivity index (χ0) is 12.7. The minimum atomic E-state index is 0.114. The molecule has 2 aliphatic carbocycles. The molecule has 1 N–H and O–H groups in total. The fraction of sp³-hybridized carbons (Fsp3) is 0.667. The molecule has 18 heavy (non-hydrogen) atoms. The molecule has 0 aromatic carbocycles. The van der Waals surface area contributed by atoms with Crippen LogP contribution in [0.15, 0.2) is 12.1 Å². The maximum Gasteiger partial charge on any atom is 0.261 e. The first-order valence-corrected chi connectivity index (χ1v) is 7.82. The summed E-state index contributed by atoms with van der Waals surface area (Å²) < 4.78 is 0. The molecule has 4 atom stereocenters. The minimum Gasteiger partial charge on any atom is -0.349 e. The van der Waals surface area contributed by atoms with Crippen LogP contribution in [0.25, 0.3) is 0 Å². The molecule has 98 valence electrons. The van der Waals surface area contributed by atoms with Gasteiger partial charge in [0.2, 0.25) is 0 Å². The summed E-state index contributed by atoms with van der Waals surface area (Å²) in [7, 11) is 0. The van der Waals surface area contributed by atoms with Crippen LogP contribution in [-0.4, -0.2) is 11.9 Å². The van der Waals surface area contributed by atoms with Crippen LogP contribution >= 0.6 is 11.3 Å². The summed E-state index contributed by atoms with van der Waals surface area (Å²) in [5.74, 6) is 2.65. The Hall–Kier alpha value is -0.830. The van der Waals surface area contributed by atoms with Crippen LogP contribution in [0.3, 0.4) is 0 Å². The maximum absolute atomic E-state index is 12.1. The Labute approximate surface area is 113 Å². The third-order valence-corrected chi connectivity index (χ3v) is 5.76. The van der Waals surface area contributed by atoms with E-state index < -0.39 is 0 Å². The third kappa shape index (κ3) is 2.20. The van der Waals surface area contributed by atoms with Crippen molar-refractivity contribution in [3.05, 3.63) is 21.9 Å². The smallest absolute Gasteiger partial charge is 0.261 e. The van der Waals surface area contributed by atoms with E-state index in [0.717, 1.165) is 16.7 Å². The van der Waals surface area contributed by atoms with Gasteiger partial charge in [-0.3, -0.25) is 4.79 Å². The molecule has 2 saturated carbocycles. The van der Waals surface area contributed by atoms with Gasteiger partial charge in [0.05, 0.1) is 4.88 Å². The molecule has 2 nitrogen and oxygen atoms in total. The average Bonchev–Trinajstić information content (AvgIpc) is 3.03. The lowest BCUT2D eigenvalue weighted by Crippen LogP contribution is -2.39. The molecule has 2 fully saturated rings. The van der Waals surface area contributed by atoms with Gasteiger partial charge in [-0.2, -0.15) is 0 Å². The van der Waals surface area contributed by atoms with Crippen LogP contribution in [0.2, 0.25) is 0 Å².